The van der Waals surface area contributed by atoms with Crippen LogP contribution < -0.4 is 0 Å². The van der Waals surface area contributed by atoms with Gasteiger partial charge in [0.1, 0.15) is 5.82 Å². The summed E-state index contributed by atoms with van der Waals surface area (Å²) in [5.41, 5.74) is 0.950. The predicted molar refractivity (Wildman–Crippen MR) is 99.5 cm³/mol. The van der Waals surface area contributed by atoms with Crippen molar-refractivity contribution >= 4 is 10.0 Å². The van der Waals surface area contributed by atoms with E-state index in [2.05, 4.69) is 19.5 Å². The van der Waals surface area contributed by atoms with Crippen LogP contribution in [-0.4, -0.2) is 49.9 Å². The lowest BCUT2D eigenvalue weighted by atomic mass is 9.99. The van der Waals surface area contributed by atoms with Gasteiger partial charge in [0, 0.05) is 50.8 Å². The fraction of sp³-hybridized carbons (Fsp3) is 0.389. The summed E-state index contributed by atoms with van der Waals surface area (Å²) in [7, 11) is -1.82. The zero-order valence-corrected chi connectivity index (χ0v) is 16.0. The molecule has 0 amide bonds. The number of rotatable bonds is 5. The van der Waals surface area contributed by atoms with Crippen molar-refractivity contribution in [3.05, 3.63) is 60.8 Å². The molecule has 1 fully saturated rings. The lowest BCUT2D eigenvalue weighted by molar-refractivity contribution is 0.304. The van der Waals surface area contributed by atoms with Crippen LogP contribution in [0.15, 0.2) is 54.3 Å². The van der Waals surface area contributed by atoms with Gasteiger partial charge in [0.15, 0.2) is 5.03 Å². The number of aryl methyl sites for hydroxylation is 1. The first kappa shape index (κ1) is 17.9. The van der Waals surface area contributed by atoms with Crippen LogP contribution in [0.3, 0.4) is 0 Å². The fourth-order valence-electron chi connectivity index (χ4n) is 3.51. The van der Waals surface area contributed by atoms with Gasteiger partial charge in [-0.05, 0) is 25.0 Å². The average Bonchev–Trinajstić information content (AvgIpc) is 3.32. The van der Waals surface area contributed by atoms with Crippen molar-refractivity contribution in [1.82, 2.24) is 28.4 Å². The van der Waals surface area contributed by atoms with E-state index in [1.54, 1.807) is 30.2 Å². The van der Waals surface area contributed by atoms with Crippen LogP contribution in [0.4, 0.5) is 0 Å². The number of hydrogen-bond acceptors (Lipinski definition) is 5. The van der Waals surface area contributed by atoms with E-state index in [0.717, 1.165) is 24.4 Å². The molecule has 0 N–H and O–H groups in total. The molecule has 27 heavy (non-hydrogen) atoms. The Balaban J connectivity index is 1.55. The van der Waals surface area contributed by atoms with E-state index in [1.165, 1.54) is 10.6 Å². The highest BCUT2D eigenvalue weighted by Gasteiger charge is 2.33. The number of piperidine rings is 1. The second-order valence-electron chi connectivity index (χ2n) is 6.81. The third-order valence-electron chi connectivity index (χ3n) is 4.84. The van der Waals surface area contributed by atoms with Crippen LogP contribution in [0.25, 0.3) is 0 Å². The highest BCUT2D eigenvalue weighted by Crippen LogP contribution is 2.29. The Morgan fingerprint density at radius 1 is 1.19 bits per heavy atom. The third kappa shape index (κ3) is 3.65. The molecule has 142 valence electrons. The van der Waals surface area contributed by atoms with E-state index < -0.39 is 10.0 Å². The molecule has 3 aromatic rings. The van der Waals surface area contributed by atoms with Crippen molar-refractivity contribution in [3.63, 3.8) is 0 Å². The van der Waals surface area contributed by atoms with Gasteiger partial charge in [-0.3, -0.25) is 4.98 Å². The van der Waals surface area contributed by atoms with Gasteiger partial charge in [-0.1, -0.05) is 6.07 Å². The summed E-state index contributed by atoms with van der Waals surface area (Å²) >= 11 is 0. The number of aromatic nitrogens is 5. The number of hydrogen-bond donors (Lipinski definition) is 0. The highest BCUT2D eigenvalue weighted by atomic mass is 32.2. The first-order valence-corrected chi connectivity index (χ1v) is 10.4. The molecule has 0 unspecified atom stereocenters. The number of nitrogens with zero attached hydrogens (tertiary/aromatic N) is 6. The molecule has 3 aromatic heterocycles. The van der Waals surface area contributed by atoms with Crippen LogP contribution in [-0.2, 0) is 23.6 Å². The Bertz CT molecular complexity index is 1010. The average molecular weight is 386 g/mol. The maximum absolute atomic E-state index is 12.9. The second-order valence-corrected chi connectivity index (χ2v) is 8.70. The normalized spacial score (nSPS) is 18.6. The van der Waals surface area contributed by atoms with Crippen molar-refractivity contribution in [1.29, 1.82) is 0 Å². The second kappa shape index (κ2) is 7.24. The molecule has 9 heteroatoms. The molecule has 0 spiro atoms. The number of pyridine rings is 1. The molecule has 4 rings (SSSR count). The Hall–Kier alpha value is -2.52. The first-order chi connectivity index (χ1) is 13.0. The Morgan fingerprint density at radius 2 is 2.07 bits per heavy atom. The maximum atomic E-state index is 12.9. The van der Waals surface area contributed by atoms with E-state index in [-0.39, 0.29) is 10.9 Å². The molecule has 1 aliphatic heterocycles. The van der Waals surface area contributed by atoms with Gasteiger partial charge in [-0.2, -0.15) is 4.31 Å². The van der Waals surface area contributed by atoms with Crippen LogP contribution in [0.5, 0.6) is 0 Å². The van der Waals surface area contributed by atoms with Gasteiger partial charge in [0.05, 0.1) is 18.6 Å². The van der Waals surface area contributed by atoms with E-state index in [4.69, 9.17) is 0 Å². The molecule has 4 heterocycles. The molecule has 0 saturated carbocycles. The topological polar surface area (TPSA) is 85.9 Å². The summed E-state index contributed by atoms with van der Waals surface area (Å²) in [5, 5.41) is 0.0995. The predicted octanol–water partition coefficient (Wildman–Crippen LogP) is 1.63. The van der Waals surface area contributed by atoms with Gasteiger partial charge in [0.25, 0.3) is 10.0 Å². The Morgan fingerprint density at radius 3 is 2.81 bits per heavy atom. The van der Waals surface area contributed by atoms with Crippen LogP contribution in [0.2, 0.25) is 0 Å². The molecule has 1 saturated heterocycles. The van der Waals surface area contributed by atoms with Crippen LogP contribution in [0.1, 0.15) is 30.3 Å². The highest BCUT2D eigenvalue weighted by molar-refractivity contribution is 7.89. The van der Waals surface area contributed by atoms with E-state index in [0.29, 0.717) is 19.6 Å². The summed E-state index contributed by atoms with van der Waals surface area (Å²) in [6.07, 6.45) is 10.2. The molecular weight excluding hydrogens is 364 g/mol. The smallest absolute Gasteiger partial charge is 0.262 e. The largest absolute Gasteiger partial charge is 0.339 e. The summed E-state index contributed by atoms with van der Waals surface area (Å²) in [6, 6.07) is 5.82. The molecule has 1 aliphatic rings. The molecule has 0 bridgehead atoms. The van der Waals surface area contributed by atoms with Gasteiger partial charge in [-0.15, -0.1) is 0 Å². The van der Waals surface area contributed by atoms with Gasteiger partial charge in [-0.25, -0.2) is 18.4 Å². The standard InChI is InChI=1S/C18H22N6O2S/c1-22-13-17(21-14-22)27(25,26)24-9-4-5-15(11-24)18-20-8-10-23(18)12-16-6-2-3-7-19-16/h2-3,6-8,10,13-15H,4-5,9,11-12H2,1H3/t15-/m0/s1. The Kier molecular flexibility index (Phi) is 4.79. The molecule has 0 radical (unpaired) electrons. The summed E-state index contributed by atoms with van der Waals surface area (Å²) in [6.45, 7) is 1.55. The van der Waals surface area contributed by atoms with Crippen molar-refractivity contribution < 1.29 is 8.42 Å². The molecular formula is C18H22N6O2S. The summed E-state index contributed by atoms with van der Waals surface area (Å²) in [4.78, 5) is 12.9. The van der Waals surface area contributed by atoms with Gasteiger partial charge < -0.3 is 9.13 Å². The van der Waals surface area contributed by atoms with E-state index in [9.17, 15) is 8.42 Å². The SMILES string of the molecule is Cn1cnc(S(=O)(=O)N2CCC[C@H](c3nccn3Cc3ccccn3)C2)c1. The zero-order chi connectivity index (χ0) is 18.9. The minimum absolute atomic E-state index is 0.0518. The van der Waals surface area contributed by atoms with Crippen molar-refractivity contribution in [2.45, 2.75) is 30.3 Å². The fourth-order valence-corrected chi connectivity index (χ4v) is 5.00. The van der Waals surface area contributed by atoms with Crippen molar-refractivity contribution in [2.75, 3.05) is 13.1 Å². The molecule has 0 aliphatic carbocycles. The van der Waals surface area contributed by atoms with Crippen molar-refractivity contribution in [2.24, 2.45) is 7.05 Å². The zero-order valence-electron chi connectivity index (χ0n) is 15.1. The van der Waals surface area contributed by atoms with Gasteiger partial charge >= 0.3 is 0 Å². The third-order valence-corrected chi connectivity index (χ3v) is 6.59. The minimum atomic E-state index is -3.58. The van der Waals surface area contributed by atoms with Crippen LogP contribution >= 0.6 is 0 Å². The summed E-state index contributed by atoms with van der Waals surface area (Å²) in [5.74, 6) is 0.956. The van der Waals surface area contributed by atoms with Gasteiger partial charge in [0.2, 0.25) is 0 Å². The van der Waals surface area contributed by atoms with E-state index >= 15 is 0 Å². The molecule has 0 aromatic carbocycles. The number of imidazole rings is 2. The monoisotopic (exact) mass is 386 g/mol. The molecule has 1 atom stereocenters. The quantitative estimate of drug-likeness (QED) is 0.665. The first-order valence-electron chi connectivity index (χ1n) is 8.93. The Labute approximate surface area is 158 Å². The number of sulfonamides is 1. The maximum Gasteiger partial charge on any atom is 0.262 e. The van der Waals surface area contributed by atoms with E-state index in [1.807, 2.05) is 24.4 Å². The lowest BCUT2D eigenvalue weighted by Gasteiger charge is -2.31. The van der Waals surface area contributed by atoms with Crippen LogP contribution in [0, 0.1) is 0 Å². The summed E-state index contributed by atoms with van der Waals surface area (Å²) < 4.78 is 31.0. The minimum Gasteiger partial charge on any atom is -0.339 e. The lowest BCUT2D eigenvalue weighted by Crippen LogP contribution is -2.39. The molecule has 8 nitrogen and oxygen atoms in total. The van der Waals surface area contributed by atoms with Crippen molar-refractivity contribution in [3.8, 4) is 0 Å².